The molecular weight excluding hydrogens is 298 g/mol. The summed E-state index contributed by atoms with van der Waals surface area (Å²) in [6, 6.07) is 5.06. The summed E-state index contributed by atoms with van der Waals surface area (Å²) in [7, 11) is 1.32. The number of nitrogens with two attached hydrogens (primary N) is 1. The van der Waals surface area contributed by atoms with E-state index in [-0.39, 0.29) is 0 Å². The normalized spacial score (nSPS) is 14.2. The van der Waals surface area contributed by atoms with Gasteiger partial charge in [0.1, 0.15) is 6.42 Å². The van der Waals surface area contributed by atoms with E-state index in [9.17, 15) is 14.4 Å². The van der Waals surface area contributed by atoms with Crippen LogP contribution >= 0.6 is 0 Å². The fourth-order valence-electron chi connectivity index (χ4n) is 2.66. The SMILES string of the molecule is COC(=O)c1cc(NC(=O)CC(N)=O)ccc1N1CCCCC1. The molecule has 7 heteroatoms. The van der Waals surface area contributed by atoms with Crippen molar-refractivity contribution in [1.82, 2.24) is 0 Å². The number of esters is 1. The minimum atomic E-state index is -0.708. The van der Waals surface area contributed by atoms with Gasteiger partial charge in [0.25, 0.3) is 0 Å². The highest BCUT2D eigenvalue weighted by Gasteiger charge is 2.20. The maximum absolute atomic E-state index is 12.1. The number of ether oxygens (including phenoxy) is 1. The predicted octanol–water partition coefficient (Wildman–Crippen LogP) is 1.28. The second-order valence-corrected chi connectivity index (χ2v) is 5.46. The van der Waals surface area contributed by atoms with Crippen LogP contribution in [0.1, 0.15) is 36.0 Å². The van der Waals surface area contributed by atoms with Crippen LogP contribution in [0, 0.1) is 0 Å². The predicted molar refractivity (Wildman–Crippen MR) is 86.3 cm³/mol. The van der Waals surface area contributed by atoms with Gasteiger partial charge in [-0.15, -0.1) is 0 Å². The molecule has 2 rings (SSSR count). The molecule has 1 aliphatic heterocycles. The molecule has 0 radical (unpaired) electrons. The lowest BCUT2D eigenvalue weighted by atomic mass is 10.1. The standard InChI is InChI=1S/C16H21N3O4/c1-23-16(22)12-9-11(18-15(21)10-14(17)20)5-6-13(12)19-7-3-2-4-8-19/h5-6,9H,2-4,7-8,10H2,1H3,(H2,17,20)(H,18,21). The van der Waals surface area contributed by atoms with Gasteiger partial charge in [-0.25, -0.2) is 4.79 Å². The molecule has 0 unspecified atom stereocenters. The van der Waals surface area contributed by atoms with Crippen LogP contribution in [0.2, 0.25) is 0 Å². The monoisotopic (exact) mass is 319 g/mol. The molecule has 0 saturated carbocycles. The number of carbonyl (C=O) groups excluding carboxylic acids is 3. The summed E-state index contributed by atoms with van der Waals surface area (Å²) in [6.07, 6.45) is 2.95. The first kappa shape index (κ1) is 16.8. The molecule has 1 saturated heterocycles. The summed E-state index contributed by atoms with van der Waals surface area (Å²) in [6.45, 7) is 1.77. The molecule has 1 aromatic rings. The van der Waals surface area contributed by atoms with Crippen molar-refractivity contribution in [2.45, 2.75) is 25.7 Å². The first-order valence-corrected chi connectivity index (χ1v) is 7.56. The van der Waals surface area contributed by atoms with Crippen LogP contribution in [0.25, 0.3) is 0 Å². The first-order chi connectivity index (χ1) is 11.0. The molecule has 0 aromatic heterocycles. The lowest BCUT2D eigenvalue weighted by Gasteiger charge is -2.30. The van der Waals surface area contributed by atoms with E-state index >= 15 is 0 Å². The van der Waals surface area contributed by atoms with E-state index in [1.165, 1.54) is 13.5 Å². The molecule has 1 heterocycles. The number of anilines is 2. The third kappa shape index (κ3) is 4.45. The number of benzene rings is 1. The second-order valence-electron chi connectivity index (χ2n) is 5.46. The molecule has 1 fully saturated rings. The molecule has 3 N–H and O–H groups in total. The number of rotatable bonds is 5. The summed E-state index contributed by atoms with van der Waals surface area (Å²) in [5, 5.41) is 2.56. The average molecular weight is 319 g/mol. The molecule has 1 aliphatic rings. The van der Waals surface area contributed by atoms with Crippen molar-refractivity contribution in [3.63, 3.8) is 0 Å². The summed E-state index contributed by atoms with van der Waals surface area (Å²) in [5.41, 5.74) is 6.61. The highest BCUT2D eigenvalue weighted by Crippen LogP contribution is 2.27. The minimum absolute atomic E-state index is 0.395. The zero-order valence-corrected chi connectivity index (χ0v) is 13.1. The zero-order chi connectivity index (χ0) is 16.8. The molecule has 124 valence electrons. The van der Waals surface area contributed by atoms with Crippen LogP contribution in [-0.4, -0.2) is 38.0 Å². The van der Waals surface area contributed by atoms with Crippen molar-refractivity contribution in [1.29, 1.82) is 0 Å². The highest BCUT2D eigenvalue weighted by atomic mass is 16.5. The molecule has 0 spiro atoms. The quantitative estimate of drug-likeness (QED) is 0.629. The van der Waals surface area contributed by atoms with Crippen LogP contribution in [0.15, 0.2) is 18.2 Å². The number of piperidine rings is 1. The Bertz CT molecular complexity index is 609. The Kier molecular flexibility index (Phi) is 5.56. The van der Waals surface area contributed by atoms with Crippen molar-refractivity contribution >= 4 is 29.2 Å². The van der Waals surface area contributed by atoms with E-state index in [4.69, 9.17) is 10.5 Å². The molecule has 2 amide bonds. The topological polar surface area (TPSA) is 102 Å². The van der Waals surface area contributed by atoms with Gasteiger partial charge in [-0.2, -0.15) is 0 Å². The van der Waals surface area contributed by atoms with Gasteiger partial charge in [-0.05, 0) is 37.5 Å². The Morgan fingerprint density at radius 3 is 2.52 bits per heavy atom. The summed E-state index contributed by atoms with van der Waals surface area (Å²) < 4.78 is 4.84. The molecular formula is C16H21N3O4. The first-order valence-electron chi connectivity index (χ1n) is 7.56. The number of amides is 2. The molecule has 0 bridgehead atoms. The Labute approximate surface area is 134 Å². The van der Waals surface area contributed by atoms with Gasteiger partial charge in [0, 0.05) is 18.8 Å². The van der Waals surface area contributed by atoms with E-state index in [0.717, 1.165) is 31.6 Å². The van der Waals surface area contributed by atoms with Crippen LogP contribution in [0.3, 0.4) is 0 Å². The number of hydrogen-bond acceptors (Lipinski definition) is 5. The molecule has 23 heavy (non-hydrogen) atoms. The molecule has 0 aliphatic carbocycles. The Morgan fingerprint density at radius 2 is 1.91 bits per heavy atom. The Hall–Kier alpha value is -2.57. The maximum atomic E-state index is 12.1. The van der Waals surface area contributed by atoms with Gasteiger partial charge in [0.2, 0.25) is 11.8 Å². The van der Waals surface area contributed by atoms with Crippen molar-refractivity contribution < 1.29 is 19.1 Å². The van der Waals surface area contributed by atoms with Gasteiger partial charge < -0.3 is 20.7 Å². The van der Waals surface area contributed by atoms with Gasteiger partial charge in [0.15, 0.2) is 0 Å². The summed E-state index contributed by atoms with van der Waals surface area (Å²) in [4.78, 5) is 36.6. The smallest absolute Gasteiger partial charge is 0.340 e. The van der Waals surface area contributed by atoms with Crippen LogP contribution in [0.4, 0.5) is 11.4 Å². The third-order valence-electron chi connectivity index (χ3n) is 3.72. The van der Waals surface area contributed by atoms with Crippen molar-refractivity contribution in [3.05, 3.63) is 23.8 Å². The number of primary amides is 1. The van der Waals surface area contributed by atoms with Gasteiger partial charge >= 0.3 is 5.97 Å². The largest absolute Gasteiger partial charge is 0.465 e. The van der Waals surface area contributed by atoms with E-state index in [0.29, 0.717) is 11.3 Å². The van der Waals surface area contributed by atoms with Crippen molar-refractivity contribution in [3.8, 4) is 0 Å². The summed E-state index contributed by atoms with van der Waals surface area (Å²) in [5.74, 6) is -1.68. The maximum Gasteiger partial charge on any atom is 0.340 e. The Balaban J connectivity index is 2.25. The van der Waals surface area contributed by atoms with Crippen LogP contribution < -0.4 is 16.0 Å². The zero-order valence-electron chi connectivity index (χ0n) is 13.1. The fraction of sp³-hybridized carbons (Fsp3) is 0.438. The minimum Gasteiger partial charge on any atom is -0.465 e. The molecule has 0 atom stereocenters. The number of nitrogens with one attached hydrogen (secondary N) is 1. The number of carbonyl (C=O) groups is 3. The number of methoxy groups -OCH3 is 1. The van der Waals surface area contributed by atoms with Crippen LogP contribution in [0.5, 0.6) is 0 Å². The van der Waals surface area contributed by atoms with E-state index < -0.39 is 24.2 Å². The van der Waals surface area contributed by atoms with E-state index in [2.05, 4.69) is 10.2 Å². The molecule has 1 aromatic carbocycles. The van der Waals surface area contributed by atoms with Crippen LogP contribution in [-0.2, 0) is 14.3 Å². The van der Waals surface area contributed by atoms with E-state index in [1.807, 2.05) is 0 Å². The van der Waals surface area contributed by atoms with Gasteiger partial charge in [-0.3, -0.25) is 9.59 Å². The Morgan fingerprint density at radius 1 is 1.22 bits per heavy atom. The number of nitrogens with zero attached hydrogens (tertiary/aromatic N) is 1. The third-order valence-corrected chi connectivity index (χ3v) is 3.72. The fourth-order valence-corrected chi connectivity index (χ4v) is 2.66. The second kappa shape index (κ2) is 7.62. The highest BCUT2D eigenvalue weighted by molar-refractivity contribution is 6.04. The summed E-state index contributed by atoms with van der Waals surface area (Å²) >= 11 is 0. The molecule has 7 nitrogen and oxygen atoms in total. The average Bonchev–Trinajstić information content (AvgIpc) is 2.54. The van der Waals surface area contributed by atoms with Crippen molar-refractivity contribution in [2.75, 3.05) is 30.4 Å². The van der Waals surface area contributed by atoms with Crippen molar-refractivity contribution in [2.24, 2.45) is 5.73 Å². The lowest BCUT2D eigenvalue weighted by Crippen LogP contribution is -2.31. The van der Waals surface area contributed by atoms with Gasteiger partial charge in [0.05, 0.1) is 18.4 Å². The van der Waals surface area contributed by atoms with Gasteiger partial charge in [-0.1, -0.05) is 0 Å². The van der Waals surface area contributed by atoms with E-state index in [1.54, 1.807) is 18.2 Å². The number of hydrogen-bond donors (Lipinski definition) is 2. The lowest BCUT2D eigenvalue weighted by molar-refractivity contribution is -0.124.